The Morgan fingerprint density at radius 2 is 1.80 bits per heavy atom. The van der Waals surface area contributed by atoms with Crippen LogP contribution < -0.4 is 9.46 Å². The van der Waals surface area contributed by atoms with Crippen LogP contribution in [0.5, 0.6) is 5.75 Å². The summed E-state index contributed by atoms with van der Waals surface area (Å²) in [5.41, 5.74) is -0.196. The molecule has 0 spiro atoms. The van der Waals surface area contributed by atoms with Crippen LogP contribution in [0.4, 0.5) is 8.78 Å². The van der Waals surface area contributed by atoms with Gasteiger partial charge in [0.05, 0.1) is 21.9 Å². The molecule has 0 saturated carbocycles. The largest absolute Gasteiger partial charge is 0.486 e. The number of carbonyl (C=O) groups is 1. The number of ether oxygens (including phenoxy) is 1. The summed E-state index contributed by atoms with van der Waals surface area (Å²) in [4.78, 5) is 11.6. The number of sulfonamides is 1. The maximum Gasteiger partial charge on any atom is 0.267 e. The van der Waals surface area contributed by atoms with E-state index in [2.05, 4.69) is 0 Å². The van der Waals surface area contributed by atoms with Crippen LogP contribution in [0.25, 0.3) is 0 Å². The summed E-state index contributed by atoms with van der Waals surface area (Å²) in [6, 6.07) is 5.84. The molecule has 0 aliphatic rings. The smallest absolute Gasteiger partial charge is 0.267 e. The molecule has 10 heteroatoms. The molecule has 1 amide bonds. The second-order valence-corrected chi connectivity index (χ2v) is 7.57. The molecule has 0 heterocycles. The lowest BCUT2D eigenvalue weighted by Crippen LogP contribution is -2.30. The first kappa shape index (κ1) is 19.4. The maximum atomic E-state index is 14.0. The average molecular weight is 410 g/mol. The van der Waals surface area contributed by atoms with Crippen molar-refractivity contribution in [3.63, 3.8) is 0 Å². The highest BCUT2D eigenvalue weighted by Crippen LogP contribution is 2.25. The minimum Gasteiger partial charge on any atom is -0.486 e. The lowest BCUT2D eigenvalue weighted by atomic mass is 10.2. The molecule has 0 aliphatic heterocycles. The Morgan fingerprint density at radius 3 is 2.40 bits per heavy atom. The molecule has 2 rings (SSSR count). The maximum absolute atomic E-state index is 14.0. The molecule has 1 N–H and O–H groups in total. The van der Waals surface area contributed by atoms with Gasteiger partial charge in [0.2, 0.25) is 10.0 Å². The van der Waals surface area contributed by atoms with E-state index in [-0.39, 0.29) is 11.6 Å². The van der Waals surface area contributed by atoms with Crippen molar-refractivity contribution in [1.82, 2.24) is 4.72 Å². The Morgan fingerprint density at radius 1 is 1.12 bits per heavy atom. The minimum absolute atomic E-state index is 0.123. The molecule has 0 radical (unpaired) electrons. The lowest BCUT2D eigenvalue weighted by molar-refractivity contribution is 0.0977. The zero-order valence-corrected chi connectivity index (χ0v) is 15.0. The van der Waals surface area contributed by atoms with Crippen molar-refractivity contribution in [3.05, 3.63) is 63.1 Å². The first-order chi connectivity index (χ1) is 11.6. The van der Waals surface area contributed by atoms with Gasteiger partial charge in [-0.2, -0.15) is 0 Å². The van der Waals surface area contributed by atoms with Crippen molar-refractivity contribution in [2.24, 2.45) is 0 Å². The van der Waals surface area contributed by atoms with Crippen LogP contribution in [-0.4, -0.2) is 20.6 Å². The summed E-state index contributed by atoms with van der Waals surface area (Å²) in [7, 11) is -3.91. The predicted octanol–water partition coefficient (Wildman–Crippen LogP) is 3.54. The van der Waals surface area contributed by atoms with E-state index < -0.39 is 38.9 Å². The van der Waals surface area contributed by atoms with Crippen LogP contribution in [0, 0.1) is 11.6 Å². The van der Waals surface area contributed by atoms with E-state index in [1.165, 1.54) is 12.1 Å². The third kappa shape index (κ3) is 5.29. The fourth-order valence-corrected chi connectivity index (χ4v) is 2.59. The lowest BCUT2D eigenvalue weighted by Gasteiger charge is -2.10. The zero-order valence-electron chi connectivity index (χ0n) is 12.6. The van der Waals surface area contributed by atoms with Gasteiger partial charge in [0.25, 0.3) is 5.91 Å². The molecular weight excluding hydrogens is 399 g/mol. The van der Waals surface area contributed by atoms with E-state index in [0.717, 1.165) is 0 Å². The normalized spacial score (nSPS) is 11.2. The highest BCUT2D eigenvalue weighted by molar-refractivity contribution is 7.89. The van der Waals surface area contributed by atoms with Crippen molar-refractivity contribution < 1.29 is 26.7 Å². The van der Waals surface area contributed by atoms with Crippen LogP contribution in [0.1, 0.15) is 15.9 Å². The monoisotopic (exact) mass is 409 g/mol. The minimum atomic E-state index is -3.91. The summed E-state index contributed by atoms with van der Waals surface area (Å²) >= 11 is 11.6. The van der Waals surface area contributed by atoms with Gasteiger partial charge in [0.15, 0.2) is 11.6 Å². The molecule has 0 aliphatic carbocycles. The summed E-state index contributed by atoms with van der Waals surface area (Å²) in [6.45, 7) is -0.123. The first-order valence-corrected chi connectivity index (χ1v) is 9.29. The summed E-state index contributed by atoms with van der Waals surface area (Å²) in [5.74, 6) is -3.89. The molecule has 0 bridgehead atoms. The molecule has 0 aromatic heterocycles. The fraction of sp³-hybridized carbons (Fsp3) is 0.133. The summed E-state index contributed by atoms with van der Waals surface area (Å²) < 4.78 is 56.7. The number of hydrogen-bond acceptors (Lipinski definition) is 4. The van der Waals surface area contributed by atoms with Gasteiger partial charge in [0, 0.05) is 6.07 Å². The molecule has 0 saturated heterocycles. The van der Waals surface area contributed by atoms with E-state index in [4.69, 9.17) is 27.9 Å². The first-order valence-electron chi connectivity index (χ1n) is 6.64. The molecule has 134 valence electrons. The van der Waals surface area contributed by atoms with Gasteiger partial charge in [-0.25, -0.2) is 21.9 Å². The Kier molecular flexibility index (Phi) is 5.87. The Balaban J connectivity index is 2.19. The third-order valence-electron chi connectivity index (χ3n) is 2.92. The standard InChI is InChI=1S/C15H11Cl2F2NO4S/c1-25(22,23)20-15(21)9-5-13(19)14(6-12(9)18)24-7-8-2-3-10(16)11(17)4-8/h2-6H,7H2,1H3,(H,20,21). The van der Waals surface area contributed by atoms with Gasteiger partial charge in [-0.05, 0) is 23.8 Å². The van der Waals surface area contributed by atoms with Crippen molar-refractivity contribution in [2.45, 2.75) is 6.61 Å². The van der Waals surface area contributed by atoms with E-state index in [1.807, 2.05) is 0 Å². The van der Waals surface area contributed by atoms with E-state index in [1.54, 1.807) is 10.8 Å². The van der Waals surface area contributed by atoms with Gasteiger partial charge in [-0.1, -0.05) is 29.3 Å². The zero-order chi connectivity index (χ0) is 18.8. The molecule has 0 fully saturated rings. The van der Waals surface area contributed by atoms with Gasteiger partial charge in [-0.15, -0.1) is 0 Å². The molecule has 0 atom stereocenters. The Labute approximate surface area is 152 Å². The quantitative estimate of drug-likeness (QED) is 0.819. The highest BCUT2D eigenvalue weighted by atomic mass is 35.5. The number of nitrogens with one attached hydrogen (secondary N) is 1. The van der Waals surface area contributed by atoms with Crippen LogP contribution in [0.15, 0.2) is 30.3 Å². The van der Waals surface area contributed by atoms with Crippen molar-refractivity contribution in [2.75, 3.05) is 6.26 Å². The van der Waals surface area contributed by atoms with Crippen molar-refractivity contribution in [3.8, 4) is 5.75 Å². The Hall–Kier alpha value is -1.90. The Bertz CT molecular complexity index is 935. The predicted molar refractivity (Wildman–Crippen MR) is 89.5 cm³/mol. The van der Waals surface area contributed by atoms with Crippen LogP contribution in [0.3, 0.4) is 0 Å². The highest BCUT2D eigenvalue weighted by Gasteiger charge is 2.19. The van der Waals surface area contributed by atoms with E-state index >= 15 is 0 Å². The average Bonchev–Trinajstić information content (AvgIpc) is 2.49. The number of rotatable bonds is 5. The number of halogens is 4. The van der Waals surface area contributed by atoms with Gasteiger partial charge in [-0.3, -0.25) is 4.79 Å². The molecular formula is C15H11Cl2F2NO4S. The van der Waals surface area contributed by atoms with Crippen molar-refractivity contribution >= 4 is 39.1 Å². The van der Waals surface area contributed by atoms with Crippen LogP contribution >= 0.6 is 23.2 Å². The third-order valence-corrected chi connectivity index (χ3v) is 4.22. The topological polar surface area (TPSA) is 72.5 Å². The molecule has 2 aromatic carbocycles. The number of carbonyl (C=O) groups excluding carboxylic acids is 1. The van der Waals surface area contributed by atoms with E-state index in [9.17, 15) is 22.0 Å². The van der Waals surface area contributed by atoms with Gasteiger partial charge < -0.3 is 4.74 Å². The van der Waals surface area contributed by atoms with Gasteiger partial charge >= 0.3 is 0 Å². The second kappa shape index (κ2) is 7.55. The van der Waals surface area contributed by atoms with Crippen molar-refractivity contribution in [1.29, 1.82) is 0 Å². The number of hydrogen-bond donors (Lipinski definition) is 1. The number of benzene rings is 2. The van der Waals surface area contributed by atoms with E-state index in [0.29, 0.717) is 29.0 Å². The molecule has 25 heavy (non-hydrogen) atoms. The molecule has 5 nitrogen and oxygen atoms in total. The summed E-state index contributed by atoms with van der Waals surface area (Å²) in [6.07, 6.45) is 0.716. The second-order valence-electron chi connectivity index (χ2n) is 5.00. The SMILES string of the molecule is CS(=O)(=O)NC(=O)c1cc(F)c(OCc2ccc(Cl)c(Cl)c2)cc1F. The molecule has 0 unspecified atom stereocenters. The molecule has 2 aromatic rings. The van der Waals surface area contributed by atoms with Crippen LogP contribution in [0.2, 0.25) is 10.0 Å². The fourth-order valence-electron chi connectivity index (χ4n) is 1.83. The summed E-state index contributed by atoms with van der Waals surface area (Å²) in [5, 5.41) is 0.617. The van der Waals surface area contributed by atoms with Crippen LogP contribution in [-0.2, 0) is 16.6 Å². The number of amides is 1. The van der Waals surface area contributed by atoms with Gasteiger partial charge in [0.1, 0.15) is 12.4 Å².